The number of hydrogen-bond donors (Lipinski definition) is 0. The van der Waals surface area contributed by atoms with Crippen LogP contribution in [0.5, 0.6) is 0 Å². The quantitative estimate of drug-likeness (QED) is 0.771. The minimum atomic E-state index is -0.115. The number of carbonyl (C=O) groups is 1. The third-order valence-electron chi connectivity index (χ3n) is 3.40. The van der Waals surface area contributed by atoms with Gasteiger partial charge in [0.05, 0.1) is 12.3 Å². The highest BCUT2D eigenvalue weighted by molar-refractivity contribution is 7.15. The smallest absolute Gasteiger partial charge is 0.315 e. The van der Waals surface area contributed by atoms with Gasteiger partial charge in [0.25, 0.3) is 0 Å². The van der Waals surface area contributed by atoms with Crippen LogP contribution in [0.25, 0.3) is 0 Å². The largest absolute Gasteiger partial charge is 0.465 e. The first kappa shape index (κ1) is 11.0. The van der Waals surface area contributed by atoms with Gasteiger partial charge >= 0.3 is 5.97 Å². The molecule has 1 aromatic heterocycles. The molecule has 3 rings (SSSR count). The van der Waals surface area contributed by atoms with E-state index in [1.807, 2.05) is 6.92 Å². The summed E-state index contributed by atoms with van der Waals surface area (Å²) in [5.41, 5.74) is 0.982. The number of aryl methyl sites for hydroxylation is 1. The van der Waals surface area contributed by atoms with Crippen molar-refractivity contribution in [2.45, 2.75) is 32.1 Å². The summed E-state index contributed by atoms with van der Waals surface area (Å²) >= 11 is 1.75. The van der Waals surface area contributed by atoms with Crippen molar-refractivity contribution in [2.75, 3.05) is 24.6 Å². The van der Waals surface area contributed by atoms with Gasteiger partial charge in [0.1, 0.15) is 5.92 Å². The van der Waals surface area contributed by atoms with Crippen LogP contribution in [-0.4, -0.2) is 30.6 Å². The average molecular weight is 252 g/mol. The Morgan fingerprint density at radius 2 is 2.41 bits per heavy atom. The molecular formula is C12H16N2O2S. The van der Waals surface area contributed by atoms with Crippen molar-refractivity contribution < 1.29 is 9.53 Å². The third kappa shape index (κ3) is 1.82. The predicted molar refractivity (Wildman–Crippen MR) is 66.6 cm³/mol. The fourth-order valence-corrected chi connectivity index (χ4v) is 3.52. The molecule has 2 aliphatic rings. The number of anilines is 1. The maximum atomic E-state index is 11.8. The molecule has 1 unspecified atom stereocenters. The topological polar surface area (TPSA) is 42.4 Å². The molecule has 17 heavy (non-hydrogen) atoms. The fraction of sp³-hybridized carbons (Fsp3) is 0.667. The first-order chi connectivity index (χ1) is 8.29. The predicted octanol–water partition coefficient (Wildman–Crippen LogP) is 1.95. The molecule has 0 amide bonds. The van der Waals surface area contributed by atoms with Crippen LogP contribution in [0.3, 0.4) is 0 Å². The highest BCUT2D eigenvalue weighted by atomic mass is 32.1. The molecule has 1 saturated heterocycles. The number of nitrogens with zero attached hydrogens (tertiary/aromatic N) is 2. The zero-order valence-electron chi connectivity index (χ0n) is 9.94. The Hall–Kier alpha value is -1.10. The standard InChI is InChI=1S/C12H16N2O2S/c1-2-16-11(15)8-4-5-9-10(8)13-12(17-9)14-6-3-7-14/h8H,2-7H2,1H3. The number of thiazole rings is 1. The summed E-state index contributed by atoms with van der Waals surface area (Å²) in [5.74, 6) is -0.220. The molecule has 1 atom stereocenters. The number of aromatic nitrogens is 1. The van der Waals surface area contributed by atoms with Crippen molar-refractivity contribution in [2.24, 2.45) is 0 Å². The molecule has 1 aliphatic carbocycles. The zero-order chi connectivity index (χ0) is 11.8. The summed E-state index contributed by atoms with van der Waals surface area (Å²) in [6.45, 7) is 4.51. The Morgan fingerprint density at radius 1 is 1.59 bits per heavy atom. The normalized spacial score (nSPS) is 22.2. The summed E-state index contributed by atoms with van der Waals surface area (Å²) in [7, 11) is 0. The van der Waals surface area contributed by atoms with Crippen LogP contribution in [0.15, 0.2) is 0 Å². The lowest BCUT2D eigenvalue weighted by Gasteiger charge is -2.30. The van der Waals surface area contributed by atoms with E-state index in [1.165, 1.54) is 11.3 Å². The van der Waals surface area contributed by atoms with Crippen molar-refractivity contribution >= 4 is 22.4 Å². The highest BCUT2D eigenvalue weighted by Gasteiger charge is 2.34. The molecule has 1 aromatic rings. The molecule has 0 radical (unpaired) electrons. The molecule has 1 aliphatic heterocycles. The van der Waals surface area contributed by atoms with Gasteiger partial charge in [-0.05, 0) is 26.2 Å². The summed E-state index contributed by atoms with van der Waals surface area (Å²) in [4.78, 5) is 20.0. The molecule has 0 saturated carbocycles. The Morgan fingerprint density at radius 3 is 3.06 bits per heavy atom. The van der Waals surface area contributed by atoms with Crippen molar-refractivity contribution in [1.82, 2.24) is 4.98 Å². The van der Waals surface area contributed by atoms with Crippen molar-refractivity contribution in [3.8, 4) is 0 Å². The van der Waals surface area contributed by atoms with Crippen molar-refractivity contribution in [3.63, 3.8) is 0 Å². The van der Waals surface area contributed by atoms with E-state index >= 15 is 0 Å². The van der Waals surface area contributed by atoms with Crippen LogP contribution in [0.1, 0.15) is 36.3 Å². The maximum Gasteiger partial charge on any atom is 0.315 e. The van der Waals surface area contributed by atoms with Gasteiger partial charge in [0, 0.05) is 18.0 Å². The lowest BCUT2D eigenvalue weighted by molar-refractivity contribution is -0.145. The van der Waals surface area contributed by atoms with E-state index in [4.69, 9.17) is 4.74 Å². The summed E-state index contributed by atoms with van der Waals surface area (Å²) in [6, 6.07) is 0. The van der Waals surface area contributed by atoms with Gasteiger partial charge in [-0.15, -0.1) is 11.3 Å². The second-order valence-corrected chi connectivity index (χ2v) is 5.55. The van der Waals surface area contributed by atoms with Crippen LogP contribution >= 0.6 is 11.3 Å². The van der Waals surface area contributed by atoms with Crippen LogP contribution in [0.2, 0.25) is 0 Å². The summed E-state index contributed by atoms with van der Waals surface area (Å²) < 4.78 is 5.10. The minimum absolute atomic E-state index is 0.105. The SMILES string of the molecule is CCOC(=O)C1CCc2sc(N3CCC3)nc21. The van der Waals surface area contributed by atoms with Crippen molar-refractivity contribution in [3.05, 3.63) is 10.6 Å². The number of esters is 1. The number of carbonyl (C=O) groups excluding carboxylic acids is 1. The van der Waals surface area contributed by atoms with Gasteiger partial charge < -0.3 is 9.64 Å². The van der Waals surface area contributed by atoms with E-state index in [1.54, 1.807) is 11.3 Å². The molecule has 92 valence electrons. The molecule has 0 aromatic carbocycles. The maximum absolute atomic E-state index is 11.8. The monoisotopic (exact) mass is 252 g/mol. The van der Waals surface area contributed by atoms with Gasteiger partial charge in [-0.25, -0.2) is 4.98 Å². The Balaban J connectivity index is 1.80. The summed E-state index contributed by atoms with van der Waals surface area (Å²) in [5, 5.41) is 1.09. The molecule has 0 bridgehead atoms. The highest BCUT2D eigenvalue weighted by Crippen LogP contribution is 2.40. The van der Waals surface area contributed by atoms with Gasteiger partial charge in [-0.2, -0.15) is 0 Å². The molecular weight excluding hydrogens is 236 g/mol. The van der Waals surface area contributed by atoms with Gasteiger partial charge in [-0.1, -0.05) is 0 Å². The molecule has 1 fully saturated rings. The lowest BCUT2D eigenvalue weighted by Crippen LogP contribution is -2.36. The zero-order valence-corrected chi connectivity index (χ0v) is 10.8. The Labute approximate surface area is 105 Å². The third-order valence-corrected chi connectivity index (χ3v) is 4.60. The van der Waals surface area contributed by atoms with E-state index < -0.39 is 0 Å². The van der Waals surface area contributed by atoms with Crippen LogP contribution in [-0.2, 0) is 16.0 Å². The van der Waals surface area contributed by atoms with E-state index in [9.17, 15) is 4.79 Å². The van der Waals surface area contributed by atoms with Gasteiger partial charge in [0.15, 0.2) is 5.13 Å². The van der Waals surface area contributed by atoms with Crippen LogP contribution in [0.4, 0.5) is 5.13 Å². The number of fused-ring (bicyclic) bond motifs is 1. The van der Waals surface area contributed by atoms with E-state index in [0.29, 0.717) is 6.61 Å². The van der Waals surface area contributed by atoms with E-state index in [0.717, 1.165) is 36.8 Å². The number of rotatable bonds is 3. The second-order valence-electron chi connectivity index (χ2n) is 4.49. The molecule has 0 N–H and O–H groups in total. The molecule has 4 nitrogen and oxygen atoms in total. The second kappa shape index (κ2) is 4.29. The first-order valence-electron chi connectivity index (χ1n) is 6.20. The van der Waals surface area contributed by atoms with Gasteiger partial charge in [0.2, 0.25) is 0 Å². The van der Waals surface area contributed by atoms with Crippen LogP contribution < -0.4 is 4.90 Å². The van der Waals surface area contributed by atoms with Crippen LogP contribution in [0, 0.1) is 0 Å². The first-order valence-corrected chi connectivity index (χ1v) is 7.02. The number of hydrogen-bond acceptors (Lipinski definition) is 5. The lowest BCUT2D eigenvalue weighted by atomic mass is 10.1. The molecule has 0 spiro atoms. The number of ether oxygens (including phenoxy) is 1. The Kier molecular flexibility index (Phi) is 2.78. The Bertz CT molecular complexity index is 440. The average Bonchev–Trinajstić information content (AvgIpc) is 2.74. The molecule has 2 heterocycles. The minimum Gasteiger partial charge on any atom is -0.465 e. The molecule has 5 heteroatoms. The van der Waals surface area contributed by atoms with E-state index in [-0.39, 0.29) is 11.9 Å². The van der Waals surface area contributed by atoms with Crippen molar-refractivity contribution in [1.29, 1.82) is 0 Å². The summed E-state index contributed by atoms with van der Waals surface area (Å²) in [6.07, 6.45) is 3.10. The van der Waals surface area contributed by atoms with Gasteiger partial charge in [-0.3, -0.25) is 4.79 Å². The van der Waals surface area contributed by atoms with E-state index in [2.05, 4.69) is 9.88 Å². The fourth-order valence-electron chi connectivity index (χ4n) is 2.33.